The second kappa shape index (κ2) is 4.68. The number of carbonyl (C=O) groups excluding carboxylic acids is 2. The first kappa shape index (κ1) is 13.0. The Balaban J connectivity index is 1.90. The lowest BCUT2D eigenvalue weighted by molar-refractivity contribution is -0.124. The third kappa shape index (κ3) is 3.29. The van der Waals surface area contributed by atoms with Crippen LogP contribution in [0.2, 0.25) is 0 Å². The molecule has 1 fully saturated rings. The Morgan fingerprint density at radius 2 is 2.17 bits per heavy atom. The predicted octanol–water partition coefficient (Wildman–Crippen LogP) is 2.94. The maximum Gasteiger partial charge on any atom is 0.413 e. The molecule has 0 radical (unpaired) electrons. The maximum absolute atomic E-state index is 11.5. The van der Waals surface area contributed by atoms with Crippen molar-refractivity contribution in [3.63, 3.8) is 0 Å². The van der Waals surface area contributed by atoms with Gasteiger partial charge in [0.05, 0.1) is 5.69 Å². The largest absolute Gasteiger partial charge is 0.444 e. The van der Waals surface area contributed by atoms with Crippen LogP contribution in [0.15, 0.2) is 5.38 Å². The van der Waals surface area contributed by atoms with Crippen LogP contribution in [0.5, 0.6) is 0 Å². The second-order valence-electron chi connectivity index (χ2n) is 5.35. The van der Waals surface area contributed by atoms with Crippen LogP contribution in [0, 0.1) is 0 Å². The summed E-state index contributed by atoms with van der Waals surface area (Å²) >= 11 is 1.35. The van der Waals surface area contributed by atoms with Gasteiger partial charge >= 0.3 is 6.09 Å². The number of amides is 1. The number of anilines is 1. The molecule has 0 spiro atoms. The minimum Gasteiger partial charge on any atom is -0.444 e. The van der Waals surface area contributed by atoms with Crippen LogP contribution < -0.4 is 5.32 Å². The fraction of sp³-hybridized carbons (Fsp3) is 0.583. The summed E-state index contributed by atoms with van der Waals surface area (Å²) in [5.74, 6) is 0.498. The second-order valence-corrected chi connectivity index (χ2v) is 6.21. The van der Waals surface area contributed by atoms with E-state index < -0.39 is 11.7 Å². The number of hydrogen-bond donors (Lipinski definition) is 1. The molecule has 0 saturated heterocycles. The first-order chi connectivity index (χ1) is 8.33. The molecule has 1 saturated carbocycles. The Hall–Kier alpha value is -1.43. The van der Waals surface area contributed by atoms with Crippen molar-refractivity contribution in [1.82, 2.24) is 4.98 Å². The van der Waals surface area contributed by atoms with Gasteiger partial charge in [-0.25, -0.2) is 9.78 Å². The molecule has 0 aliphatic heterocycles. The predicted molar refractivity (Wildman–Crippen MR) is 69.0 cm³/mol. The quantitative estimate of drug-likeness (QED) is 0.895. The molecule has 1 N–H and O–H groups in total. The van der Waals surface area contributed by atoms with Gasteiger partial charge in [0.2, 0.25) is 0 Å². The molecule has 1 heterocycles. The number of nitrogens with one attached hydrogen (secondary N) is 1. The van der Waals surface area contributed by atoms with Gasteiger partial charge in [0.15, 0.2) is 5.13 Å². The molecule has 98 valence electrons. The van der Waals surface area contributed by atoms with Crippen LogP contribution in [0.4, 0.5) is 9.93 Å². The molecule has 0 aromatic carbocycles. The minimum atomic E-state index is -0.523. The Morgan fingerprint density at radius 1 is 1.50 bits per heavy atom. The number of ketones is 1. The first-order valence-electron chi connectivity index (χ1n) is 5.80. The summed E-state index contributed by atoms with van der Waals surface area (Å²) in [6.07, 6.45) is 0.624. The first-order valence-corrected chi connectivity index (χ1v) is 6.68. The van der Waals surface area contributed by atoms with E-state index in [1.165, 1.54) is 11.3 Å². The molecule has 6 heteroatoms. The van der Waals surface area contributed by atoms with E-state index in [2.05, 4.69) is 10.3 Å². The number of nitrogens with zero attached hydrogens (tertiary/aromatic N) is 1. The topological polar surface area (TPSA) is 68.3 Å². The zero-order chi connectivity index (χ0) is 13.3. The van der Waals surface area contributed by atoms with Crippen molar-refractivity contribution in [1.29, 1.82) is 0 Å². The van der Waals surface area contributed by atoms with E-state index in [9.17, 15) is 9.59 Å². The molecule has 1 aliphatic rings. The lowest BCUT2D eigenvalue weighted by Crippen LogP contribution is -2.27. The number of rotatable bonds is 2. The highest BCUT2D eigenvalue weighted by Gasteiger charge is 2.30. The average molecular weight is 268 g/mol. The number of ether oxygens (including phenoxy) is 1. The van der Waals surface area contributed by atoms with E-state index in [1.54, 1.807) is 20.8 Å². The van der Waals surface area contributed by atoms with E-state index in [0.717, 1.165) is 5.69 Å². The molecule has 2 rings (SSSR count). The molecular formula is C12H16N2O3S. The summed E-state index contributed by atoms with van der Waals surface area (Å²) in [5, 5.41) is 4.99. The number of hydrogen-bond acceptors (Lipinski definition) is 5. The van der Waals surface area contributed by atoms with Gasteiger partial charge in [-0.2, -0.15) is 0 Å². The monoisotopic (exact) mass is 268 g/mol. The minimum absolute atomic E-state index is 0.225. The van der Waals surface area contributed by atoms with Crippen molar-refractivity contribution in [2.24, 2.45) is 0 Å². The van der Waals surface area contributed by atoms with Crippen LogP contribution in [0.25, 0.3) is 0 Å². The van der Waals surface area contributed by atoms with Crippen molar-refractivity contribution in [3.05, 3.63) is 11.1 Å². The van der Waals surface area contributed by atoms with Crippen LogP contribution in [0.3, 0.4) is 0 Å². The van der Waals surface area contributed by atoms with Gasteiger partial charge in [0, 0.05) is 24.1 Å². The van der Waals surface area contributed by atoms with E-state index in [-0.39, 0.29) is 11.7 Å². The van der Waals surface area contributed by atoms with Gasteiger partial charge in [0.25, 0.3) is 0 Å². The Labute approximate surface area is 110 Å². The zero-order valence-electron chi connectivity index (χ0n) is 10.6. The van der Waals surface area contributed by atoms with Crippen LogP contribution in [-0.2, 0) is 9.53 Å². The average Bonchev–Trinajstić information content (AvgIpc) is 2.57. The van der Waals surface area contributed by atoms with Gasteiger partial charge < -0.3 is 4.74 Å². The summed E-state index contributed by atoms with van der Waals surface area (Å²) in [6.45, 7) is 5.42. The van der Waals surface area contributed by atoms with E-state index >= 15 is 0 Å². The fourth-order valence-corrected chi connectivity index (χ4v) is 2.40. The van der Waals surface area contributed by atoms with Crippen LogP contribution >= 0.6 is 11.3 Å². The molecule has 1 aromatic heterocycles. The molecule has 5 nitrogen and oxygen atoms in total. The third-order valence-corrected chi connectivity index (χ3v) is 3.27. The third-order valence-electron chi connectivity index (χ3n) is 2.50. The lowest BCUT2D eigenvalue weighted by Gasteiger charge is -2.21. The molecule has 1 aromatic rings. The van der Waals surface area contributed by atoms with Gasteiger partial charge in [-0.15, -0.1) is 11.3 Å². The number of Topliss-reactive ketones (excluding diaryl/α,β-unsaturated/α-hetero) is 1. The Bertz CT molecular complexity index is 468. The highest BCUT2D eigenvalue weighted by atomic mass is 32.1. The highest BCUT2D eigenvalue weighted by Crippen LogP contribution is 2.35. The van der Waals surface area contributed by atoms with E-state index in [4.69, 9.17) is 4.74 Å². The van der Waals surface area contributed by atoms with Gasteiger partial charge in [0.1, 0.15) is 11.4 Å². The van der Waals surface area contributed by atoms with Crippen LogP contribution in [-0.4, -0.2) is 22.5 Å². The van der Waals surface area contributed by atoms with Crippen molar-refractivity contribution in [2.45, 2.75) is 45.1 Å². The Kier molecular flexibility index (Phi) is 3.38. The van der Waals surface area contributed by atoms with Crippen molar-refractivity contribution < 1.29 is 14.3 Å². The molecule has 18 heavy (non-hydrogen) atoms. The standard InChI is InChI=1S/C12H16N2O3S/c1-12(2,3)17-11(16)14-10-13-9(6-18-10)7-4-8(15)5-7/h6-7H,4-5H2,1-3H3,(H,13,14,16). The summed E-state index contributed by atoms with van der Waals surface area (Å²) in [4.78, 5) is 26.7. The maximum atomic E-state index is 11.5. The molecule has 0 bridgehead atoms. The highest BCUT2D eigenvalue weighted by molar-refractivity contribution is 7.13. The summed E-state index contributed by atoms with van der Waals surface area (Å²) in [5.41, 5.74) is 0.357. The smallest absolute Gasteiger partial charge is 0.413 e. The summed E-state index contributed by atoms with van der Waals surface area (Å²) < 4.78 is 5.13. The zero-order valence-corrected chi connectivity index (χ0v) is 11.5. The van der Waals surface area contributed by atoms with Gasteiger partial charge in [-0.3, -0.25) is 10.1 Å². The summed E-state index contributed by atoms with van der Waals surface area (Å²) in [7, 11) is 0. The van der Waals surface area contributed by atoms with Crippen molar-refractivity contribution >= 4 is 28.3 Å². The van der Waals surface area contributed by atoms with Gasteiger partial charge in [-0.05, 0) is 20.8 Å². The number of carbonyl (C=O) groups is 2. The molecule has 0 unspecified atom stereocenters. The van der Waals surface area contributed by atoms with Crippen LogP contribution in [0.1, 0.15) is 45.2 Å². The van der Waals surface area contributed by atoms with Crippen molar-refractivity contribution in [2.75, 3.05) is 5.32 Å². The summed E-state index contributed by atoms with van der Waals surface area (Å²) in [6, 6.07) is 0. The molecule has 1 amide bonds. The van der Waals surface area contributed by atoms with E-state index in [1.807, 2.05) is 5.38 Å². The fourth-order valence-electron chi connectivity index (χ4n) is 1.62. The van der Waals surface area contributed by atoms with Crippen molar-refractivity contribution in [3.8, 4) is 0 Å². The molecule has 1 aliphatic carbocycles. The normalized spacial score (nSPS) is 16.3. The van der Waals surface area contributed by atoms with Gasteiger partial charge in [-0.1, -0.05) is 0 Å². The SMILES string of the molecule is CC(C)(C)OC(=O)Nc1nc(C2CC(=O)C2)cs1. The molecule has 0 atom stereocenters. The number of aromatic nitrogens is 1. The number of thiazole rings is 1. The molecular weight excluding hydrogens is 252 g/mol. The lowest BCUT2D eigenvalue weighted by atomic mass is 9.82. The van der Waals surface area contributed by atoms with E-state index in [0.29, 0.717) is 18.0 Å². The Morgan fingerprint density at radius 3 is 2.72 bits per heavy atom.